The van der Waals surface area contributed by atoms with E-state index in [0.29, 0.717) is 0 Å². The Kier molecular flexibility index (Phi) is 5.12. The van der Waals surface area contributed by atoms with Crippen molar-refractivity contribution in [2.24, 2.45) is 5.92 Å². The molecular formula is C16H25ClN2. The molecule has 0 unspecified atom stereocenters. The molecule has 0 spiro atoms. The second-order valence-electron chi connectivity index (χ2n) is 5.98. The van der Waals surface area contributed by atoms with Crippen molar-refractivity contribution in [3.8, 4) is 0 Å². The molecule has 3 rings (SSSR count). The average Bonchev–Trinajstić information content (AvgIpc) is 2.99. The quantitative estimate of drug-likeness (QED) is 0.905. The first kappa shape index (κ1) is 14.7. The highest BCUT2D eigenvalue weighted by Crippen LogP contribution is 2.29. The van der Waals surface area contributed by atoms with Crippen LogP contribution in [0.1, 0.15) is 36.8 Å². The third kappa shape index (κ3) is 3.43. The molecule has 0 bridgehead atoms. The molecule has 0 aromatic heterocycles. The van der Waals surface area contributed by atoms with Crippen LogP contribution in [0.5, 0.6) is 0 Å². The molecule has 106 valence electrons. The summed E-state index contributed by atoms with van der Waals surface area (Å²) in [7, 11) is 2.27. The minimum absolute atomic E-state index is 0. The lowest BCUT2D eigenvalue weighted by atomic mass is 10.1. The maximum atomic E-state index is 3.54. The van der Waals surface area contributed by atoms with Gasteiger partial charge in [-0.25, -0.2) is 0 Å². The van der Waals surface area contributed by atoms with E-state index >= 15 is 0 Å². The van der Waals surface area contributed by atoms with Gasteiger partial charge in [0.15, 0.2) is 0 Å². The second-order valence-corrected chi connectivity index (χ2v) is 5.98. The van der Waals surface area contributed by atoms with Crippen molar-refractivity contribution in [1.82, 2.24) is 4.90 Å². The predicted molar refractivity (Wildman–Crippen MR) is 84.2 cm³/mol. The summed E-state index contributed by atoms with van der Waals surface area (Å²) in [6, 6.07) is 6.75. The van der Waals surface area contributed by atoms with E-state index in [1.54, 1.807) is 0 Å². The lowest BCUT2D eigenvalue weighted by molar-refractivity contribution is 0.271. The summed E-state index contributed by atoms with van der Waals surface area (Å²) in [6.07, 6.45) is 6.96. The molecule has 1 aliphatic carbocycles. The summed E-state index contributed by atoms with van der Waals surface area (Å²) in [5, 5.41) is 3.54. The first-order chi connectivity index (χ1) is 8.83. The maximum Gasteiger partial charge on any atom is 0.0419 e. The SMILES string of the molecule is CN(Cc1cccc2c1NCC2)CC1CCCC1.Cl. The first-order valence-corrected chi connectivity index (χ1v) is 7.36. The van der Waals surface area contributed by atoms with Crippen molar-refractivity contribution in [3.63, 3.8) is 0 Å². The number of nitrogens with one attached hydrogen (secondary N) is 1. The van der Waals surface area contributed by atoms with Gasteiger partial charge in [-0.3, -0.25) is 0 Å². The fourth-order valence-electron chi connectivity index (χ4n) is 3.53. The number of hydrogen-bond acceptors (Lipinski definition) is 2. The van der Waals surface area contributed by atoms with Crippen LogP contribution in [0.3, 0.4) is 0 Å². The number of fused-ring (bicyclic) bond motifs is 1. The van der Waals surface area contributed by atoms with Gasteiger partial charge in [-0.15, -0.1) is 12.4 Å². The molecule has 0 amide bonds. The number of rotatable bonds is 4. The zero-order chi connectivity index (χ0) is 12.4. The second kappa shape index (κ2) is 6.62. The van der Waals surface area contributed by atoms with Crippen molar-refractivity contribution < 1.29 is 0 Å². The van der Waals surface area contributed by atoms with Gasteiger partial charge in [-0.05, 0) is 43.4 Å². The van der Waals surface area contributed by atoms with E-state index in [0.717, 1.165) is 19.0 Å². The Morgan fingerprint density at radius 3 is 2.84 bits per heavy atom. The molecule has 19 heavy (non-hydrogen) atoms. The monoisotopic (exact) mass is 280 g/mol. The molecule has 2 nitrogen and oxygen atoms in total. The van der Waals surface area contributed by atoms with Crippen LogP contribution in [0.25, 0.3) is 0 Å². The number of halogens is 1. The normalized spacial score (nSPS) is 18.2. The van der Waals surface area contributed by atoms with Crippen molar-refractivity contribution in [3.05, 3.63) is 29.3 Å². The van der Waals surface area contributed by atoms with Crippen LogP contribution in [0.2, 0.25) is 0 Å². The van der Waals surface area contributed by atoms with Crippen LogP contribution in [-0.2, 0) is 13.0 Å². The number of hydrogen-bond donors (Lipinski definition) is 1. The highest BCUT2D eigenvalue weighted by Gasteiger charge is 2.18. The zero-order valence-corrected chi connectivity index (χ0v) is 12.6. The molecule has 1 aromatic rings. The number of anilines is 1. The number of para-hydroxylation sites is 1. The van der Waals surface area contributed by atoms with Gasteiger partial charge in [-0.2, -0.15) is 0 Å². The summed E-state index contributed by atoms with van der Waals surface area (Å²) in [6.45, 7) is 3.47. The molecule has 0 radical (unpaired) electrons. The van der Waals surface area contributed by atoms with E-state index in [9.17, 15) is 0 Å². The summed E-state index contributed by atoms with van der Waals surface area (Å²) in [5.74, 6) is 0.944. The average molecular weight is 281 g/mol. The van der Waals surface area contributed by atoms with Crippen molar-refractivity contribution in [2.45, 2.75) is 38.6 Å². The Morgan fingerprint density at radius 2 is 2.05 bits per heavy atom. The van der Waals surface area contributed by atoms with E-state index in [4.69, 9.17) is 0 Å². The third-order valence-corrected chi connectivity index (χ3v) is 4.42. The topological polar surface area (TPSA) is 15.3 Å². The molecule has 0 saturated heterocycles. The van der Waals surface area contributed by atoms with Gasteiger partial charge >= 0.3 is 0 Å². The van der Waals surface area contributed by atoms with Crippen LogP contribution in [0.4, 0.5) is 5.69 Å². The molecule has 1 aromatic carbocycles. The largest absolute Gasteiger partial charge is 0.384 e. The minimum atomic E-state index is 0. The van der Waals surface area contributed by atoms with Gasteiger partial charge in [0.05, 0.1) is 0 Å². The zero-order valence-electron chi connectivity index (χ0n) is 11.8. The molecule has 1 aliphatic heterocycles. The Morgan fingerprint density at radius 1 is 1.26 bits per heavy atom. The highest BCUT2D eigenvalue weighted by atomic mass is 35.5. The van der Waals surface area contributed by atoms with Crippen molar-refractivity contribution in [2.75, 3.05) is 25.5 Å². The smallest absolute Gasteiger partial charge is 0.0419 e. The van der Waals surface area contributed by atoms with Crippen molar-refractivity contribution in [1.29, 1.82) is 0 Å². The van der Waals surface area contributed by atoms with Crippen LogP contribution in [0, 0.1) is 5.92 Å². The van der Waals surface area contributed by atoms with Gasteiger partial charge in [0.25, 0.3) is 0 Å². The van der Waals surface area contributed by atoms with Crippen molar-refractivity contribution >= 4 is 18.1 Å². The lowest BCUT2D eigenvalue weighted by Crippen LogP contribution is -2.24. The number of nitrogens with zero attached hydrogens (tertiary/aromatic N) is 1. The summed E-state index contributed by atoms with van der Waals surface area (Å²) >= 11 is 0. The van der Waals surface area contributed by atoms with Gasteiger partial charge in [0.2, 0.25) is 0 Å². The standard InChI is InChI=1S/C16H24N2.ClH/c1-18(11-13-5-2-3-6-13)12-15-8-4-7-14-9-10-17-16(14)15;/h4,7-8,13,17H,2-3,5-6,9-12H2,1H3;1H. The van der Waals surface area contributed by atoms with Crippen LogP contribution in [0.15, 0.2) is 18.2 Å². The molecule has 1 saturated carbocycles. The van der Waals surface area contributed by atoms with Crippen LogP contribution in [-0.4, -0.2) is 25.0 Å². The van der Waals surface area contributed by atoms with Gasteiger partial charge in [-0.1, -0.05) is 31.0 Å². The maximum absolute atomic E-state index is 3.54. The Labute approximate surface area is 123 Å². The molecule has 1 N–H and O–H groups in total. The van der Waals surface area contributed by atoms with Gasteiger partial charge in [0, 0.05) is 25.3 Å². The highest BCUT2D eigenvalue weighted by molar-refractivity contribution is 5.85. The molecule has 1 fully saturated rings. The molecular weight excluding hydrogens is 256 g/mol. The molecule has 0 atom stereocenters. The molecule has 2 aliphatic rings. The van der Waals surface area contributed by atoms with E-state index in [-0.39, 0.29) is 12.4 Å². The fraction of sp³-hybridized carbons (Fsp3) is 0.625. The molecule has 3 heteroatoms. The van der Waals surface area contributed by atoms with E-state index in [1.807, 2.05) is 0 Å². The minimum Gasteiger partial charge on any atom is -0.384 e. The van der Waals surface area contributed by atoms with E-state index in [1.165, 1.54) is 55.5 Å². The summed E-state index contributed by atoms with van der Waals surface area (Å²) in [4.78, 5) is 2.51. The Bertz CT molecular complexity index is 413. The third-order valence-electron chi connectivity index (χ3n) is 4.42. The van der Waals surface area contributed by atoms with E-state index < -0.39 is 0 Å². The van der Waals surface area contributed by atoms with E-state index in [2.05, 4.69) is 35.5 Å². The van der Waals surface area contributed by atoms with Crippen LogP contribution < -0.4 is 5.32 Å². The first-order valence-electron chi connectivity index (χ1n) is 7.36. The Balaban J connectivity index is 0.00000133. The summed E-state index contributed by atoms with van der Waals surface area (Å²) in [5.41, 5.74) is 4.39. The summed E-state index contributed by atoms with van der Waals surface area (Å²) < 4.78 is 0. The number of benzene rings is 1. The fourth-order valence-corrected chi connectivity index (χ4v) is 3.53. The van der Waals surface area contributed by atoms with Crippen LogP contribution >= 0.6 is 12.4 Å². The lowest BCUT2D eigenvalue weighted by Gasteiger charge is -2.22. The van der Waals surface area contributed by atoms with Gasteiger partial charge < -0.3 is 10.2 Å². The van der Waals surface area contributed by atoms with Gasteiger partial charge in [0.1, 0.15) is 0 Å². The molecule has 1 heterocycles. The Hall–Kier alpha value is -0.730. The predicted octanol–water partition coefficient (Wildman–Crippen LogP) is 3.70.